The Morgan fingerprint density at radius 2 is 2.00 bits per heavy atom. The monoisotopic (exact) mass is 279 g/mol. The Morgan fingerprint density at radius 1 is 1.25 bits per heavy atom. The standard InChI is InChI=1S/C17H29NO2/c1-4-5-18-10-15-9-17(19-11-15)12-20-16-7-13(2)6-14(3)8-16/h9,11,13-14,16,18H,4-8,10,12H2,1-3H3. The number of rotatable bonds is 7. The van der Waals surface area contributed by atoms with E-state index in [0.717, 1.165) is 37.1 Å². The second kappa shape index (κ2) is 7.84. The van der Waals surface area contributed by atoms with Gasteiger partial charge in [-0.1, -0.05) is 20.8 Å². The van der Waals surface area contributed by atoms with Crippen LogP contribution in [0.15, 0.2) is 16.7 Å². The molecule has 0 saturated heterocycles. The second-order valence-corrected chi connectivity index (χ2v) is 6.45. The van der Waals surface area contributed by atoms with Gasteiger partial charge in [-0.3, -0.25) is 0 Å². The predicted molar refractivity (Wildman–Crippen MR) is 81.5 cm³/mol. The summed E-state index contributed by atoms with van der Waals surface area (Å²) in [6.45, 7) is 9.38. The summed E-state index contributed by atoms with van der Waals surface area (Å²) in [5.41, 5.74) is 1.21. The molecule has 1 aromatic heterocycles. The zero-order valence-corrected chi connectivity index (χ0v) is 13.2. The number of hydrogen-bond donors (Lipinski definition) is 1. The molecule has 0 amide bonds. The molecular formula is C17H29NO2. The lowest BCUT2D eigenvalue weighted by molar-refractivity contribution is -0.0156. The number of furan rings is 1. The van der Waals surface area contributed by atoms with Crippen molar-refractivity contribution in [3.63, 3.8) is 0 Å². The van der Waals surface area contributed by atoms with E-state index in [4.69, 9.17) is 9.15 Å². The maximum absolute atomic E-state index is 6.03. The fraction of sp³-hybridized carbons (Fsp3) is 0.765. The van der Waals surface area contributed by atoms with Crippen LogP contribution in [0.1, 0.15) is 57.8 Å². The van der Waals surface area contributed by atoms with Gasteiger partial charge in [0.15, 0.2) is 0 Å². The molecule has 0 aromatic carbocycles. The van der Waals surface area contributed by atoms with E-state index >= 15 is 0 Å². The molecule has 114 valence electrons. The van der Waals surface area contributed by atoms with Gasteiger partial charge in [-0.25, -0.2) is 0 Å². The molecule has 20 heavy (non-hydrogen) atoms. The van der Waals surface area contributed by atoms with Crippen LogP contribution in [0.25, 0.3) is 0 Å². The van der Waals surface area contributed by atoms with Gasteiger partial charge in [-0.05, 0) is 50.1 Å². The second-order valence-electron chi connectivity index (χ2n) is 6.45. The zero-order valence-electron chi connectivity index (χ0n) is 13.2. The SMILES string of the molecule is CCCNCc1coc(COC2CC(C)CC(C)C2)c1. The van der Waals surface area contributed by atoms with Gasteiger partial charge in [0.25, 0.3) is 0 Å². The highest BCUT2D eigenvalue weighted by atomic mass is 16.5. The van der Waals surface area contributed by atoms with Gasteiger partial charge < -0.3 is 14.5 Å². The van der Waals surface area contributed by atoms with E-state index in [1.165, 1.54) is 24.8 Å². The smallest absolute Gasteiger partial charge is 0.129 e. The Hall–Kier alpha value is -0.800. The average molecular weight is 279 g/mol. The number of hydrogen-bond acceptors (Lipinski definition) is 3. The summed E-state index contributed by atoms with van der Waals surface area (Å²) in [6.07, 6.45) is 7.12. The summed E-state index contributed by atoms with van der Waals surface area (Å²) in [7, 11) is 0. The molecule has 0 spiro atoms. The Balaban J connectivity index is 1.73. The topological polar surface area (TPSA) is 34.4 Å². The molecule has 1 saturated carbocycles. The zero-order chi connectivity index (χ0) is 14.4. The van der Waals surface area contributed by atoms with Crippen molar-refractivity contribution in [3.05, 3.63) is 23.7 Å². The summed E-state index contributed by atoms with van der Waals surface area (Å²) < 4.78 is 11.6. The van der Waals surface area contributed by atoms with Crippen LogP contribution in [-0.4, -0.2) is 12.6 Å². The van der Waals surface area contributed by atoms with Crippen molar-refractivity contribution < 1.29 is 9.15 Å². The van der Waals surface area contributed by atoms with Gasteiger partial charge in [-0.15, -0.1) is 0 Å². The highest BCUT2D eigenvalue weighted by Crippen LogP contribution is 2.30. The Labute approximate surface area is 123 Å². The normalized spacial score (nSPS) is 26.9. The van der Waals surface area contributed by atoms with Crippen LogP contribution in [0.4, 0.5) is 0 Å². The van der Waals surface area contributed by atoms with Crippen LogP contribution in [0.2, 0.25) is 0 Å². The third kappa shape index (κ3) is 4.95. The van der Waals surface area contributed by atoms with Crippen LogP contribution in [0.5, 0.6) is 0 Å². The minimum atomic E-state index is 0.403. The molecule has 2 atom stereocenters. The molecule has 3 heteroatoms. The molecule has 0 aliphatic heterocycles. The largest absolute Gasteiger partial charge is 0.467 e. The lowest BCUT2D eigenvalue weighted by Gasteiger charge is -2.31. The van der Waals surface area contributed by atoms with Crippen LogP contribution < -0.4 is 5.32 Å². The molecule has 1 heterocycles. The summed E-state index contributed by atoms with van der Waals surface area (Å²) in [4.78, 5) is 0. The minimum Gasteiger partial charge on any atom is -0.467 e. The summed E-state index contributed by atoms with van der Waals surface area (Å²) >= 11 is 0. The molecule has 2 unspecified atom stereocenters. The molecule has 1 aliphatic rings. The van der Waals surface area contributed by atoms with Crippen molar-refractivity contribution in [1.82, 2.24) is 5.32 Å². The minimum absolute atomic E-state index is 0.403. The fourth-order valence-corrected chi connectivity index (χ4v) is 3.21. The lowest BCUT2D eigenvalue weighted by atomic mass is 9.82. The molecule has 1 N–H and O–H groups in total. The average Bonchev–Trinajstić information content (AvgIpc) is 2.84. The molecule has 3 nitrogen and oxygen atoms in total. The third-order valence-corrected chi connectivity index (χ3v) is 4.06. The molecule has 1 aromatic rings. The maximum atomic E-state index is 6.03. The van der Waals surface area contributed by atoms with E-state index in [1.54, 1.807) is 0 Å². The number of ether oxygens (including phenoxy) is 1. The molecule has 0 radical (unpaired) electrons. The van der Waals surface area contributed by atoms with Crippen LogP contribution in [-0.2, 0) is 17.9 Å². The summed E-state index contributed by atoms with van der Waals surface area (Å²) in [5.74, 6) is 2.52. The van der Waals surface area contributed by atoms with Gasteiger partial charge in [0.1, 0.15) is 12.4 Å². The van der Waals surface area contributed by atoms with Gasteiger partial charge in [-0.2, -0.15) is 0 Å². The van der Waals surface area contributed by atoms with E-state index in [0.29, 0.717) is 12.7 Å². The summed E-state index contributed by atoms with van der Waals surface area (Å²) in [6, 6.07) is 2.11. The van der Waals surface area contributed by atoms with Gasteiger partial charge in [0, 0.05) is 12.1 Å². The van der Waals surface area contributed by atoms with E-state index in [1.807, 2.05) is 6.26 Å². The first-order valence-corrected chi connectivity index (χ1v) is 8.06. The van der Waals surface area contributed by atoms with Crippen LogP contribution in [0, 0.1) is 11.8 Å². The van der Waals surface area contributed by atoms with Crippen molar-refractivity contribution in [2.45, 2.75) is 65.7 Å². The Morgan fingerprint density at radius 3 is 2.70 bits per heavy atom. The molecule has 2 rings (SSSR count). The van der Waals surface area contributed by atoms with Crippen molar-refractivity contribution in [2.75, 3.05) is 6.54 Å². The van der Waals surface area contributed by atoms with E-state index in [2.05, 4.69) is 32.2 Å². The lowest BCUT2D eigenvalue weighted by Crippen LogP contribution is -2.26. The van der Waals surface area contributed by atoms with Crippen molar-refractivity contribution in [2.24, 2.45) is 11.8 Å². The van der Waals surface area contributed by atoms with Gasteiger partial charge in [0.05, 0.1) is 12.4 Å². The van der Waals surface area contributed by atoms with Crippen molar-refractivity contribution in [1.29, 1.82) is 0 Å². The van der Waals surface area contributed by atoms with Crippen molar-refractivity contribution >= 4 is 0 Å². The maximum Gasteiger partial charge on any atom is 0.129 e. The highest BCUT2D eigenvalue weighted by Gasteiger charge is 2.24. The predicted octanol–water partition coefficient (Wildman–Crippen LogP) is 4.12. The van der Waals surface area contributed by atoms with E-state index < -0.39 is 0 Å². The van der Waals surface area contributed by atoms with E-state index in [9.17, 15) is 0 Å². The first-order valence-electron chi connectivity index (χ1n) is 8.06. The van der Waals surface area contributed by atoms with Crippen LogP contribution in [0.3, 0.4) is 0 Å². The molecule has 1 fully saturated rings. The molecular weight excluding hydrogens is 250 g/mol. The Bertz CT molecular complexity index is 378. The Kier molecular flexibility index (Phi) is 6.11. The quantitative estimate of drug-likeness (QED) is 0.762. The highest BCUT2D eigenvalue weighted by molar-refractivity contribution is 5.12. The van der Waals surface area contributed by atoms with Gasteiger partial charge >= 0.3 is 0 Å². The van der Waals surface area contributed by atoms with Crippen molar-refractivity contribution in [3.8, 4) is 0 Å². The van der Waals surface area contributed by atoms with Crippen LogP contribution >= 0.6 is 0 Å². The molecule has 0 bridgehead atoms. The molecule has 1 aliphatic carbocycles. The van der Waals surface area contributed by atoms with E-state index in [-0.39, 0.29) is 0 Å². The first-order chi connectivity index (χ1) is 9.67. The fourth-order valence-electron chi connectivity index (χ4n) is 3.21. The first kappa shape index (κ1) is 15.6. The van der Waals surface area contributed by atoms with Gasteiger partial charge in [0.2, 0.25) is 0 Å². The third-order valence-electron chi connectivity index (χ3n) is 4.06. The summed E-state index contributed by atoms with van der Waals surface area (Å²) in [5, 5.41) is 3.38. The number of nitrogens with one attached hydrogen (secondary N) is 1.